The number of rotatable bonds is 0. The van der Waals surface area contributed by atoms with Gasteiger partial charge in [-0.3, -0.25) is 10.1 Å². The van der Waals surface area contributed by atoms with E-state index in [9.17, 15) is 0 Å². The number of benzene rings is 1. The van der Waals surface area contributed by atoms with Gasteiger partial charge in [-0.15, -0.1) is 0 Å². The van der Waals surface area contributed by atoms with Crippen molar-refractivity contribution >= 4 is 21.8 Å². The van der Waals surface area contributed by atoms with Crippen LogP contribution in [0.5, 0.6) is 0 Å². The van der Waals surface area contributed by atoms with Gasteiger partial charge in [-0.2, -0.15) is 5.10 Å². The molecular weight excluding hydrogens is 162 g/mol. The van der Waals surface area contributed by atoms with E-state index in [1.165, 1.54) is 0 Å². The van der Waals surface area contributed by atoms with Crippen LogP contribution in [0.1, 0.15) is 0 Å². The molecular formula is C10H7N3. The lowest BCUT2D eigenvalue weighted by atomic mass is 10.1. The molecule has 0 aliphatic rings. The molecule has 0 saturated carbocycles. The molecule has 62 valence electrons. The van der Waals surface area contributed by atoms with E-state index in [1.54, 1.807) is 6.20 Å². The van der Waals surface area contributed by atoms with Crippen molar-refractivity contribution in [2.45, 2.75) is 0 Å². The van der Waals surface area contributed by atoms with Gasteiger partial charge in [-0.25, -0.2) is 0 Å². The Bertz CT molecular complexity index is 568. The molecule has 0 radical (unpaired) electrons. The third-order valence-electron chi connectivity index (χ3n) is 2.19. The minimum Gasteiger partial charge on any atom is -0.278 e. The largest absolute Gasteiger partial charge is 0.278 e. The average molecular weight is 169 g/mol. The molecule has 0 aliphatic carbocycles. The summed E-state index contributed by atoms with van der Waals surface area (Å²) in [4.78, 5) is 4.32. The molecule has 3 aromatic rings. The summed E-state index contributed by atoms with van der Waals surface area (Å²) in [7, 11) is 0. The molecule has 2 heterocycles. The zero-order chi connectivity index (χ0) is 8.67. The van der Waals surface area contributed by atoms with E-state index in [-0.39, 0.29) is 0 Å². The van der Waals surface area contributed by atoms with Crippen LogP contribution in [0.4, 0.5) is 0 Å². The lowest BCUT2D eigenvalue weighted by Crippen LogP contribution is -1.77. The molecule has 1 N–H and O–H groups in total. The van der Waals surface area contributed by atoms with Gasteiger partial charge in [0.2, 0.25) is 0 Å². The number of nitrogens with one attached hydrogen (secondary N) is 1. The molecule has 0 spiro atoms. The summed E-state index contributed by atoms with van der Waals surface area (Å²) >= 11 is 0. The van der Waals surface area contributed by atoms with E-state index in [2.05, 4.69) is 21.2 Å². The average Bonchev–Trinajstić information content (AvgIpc) is 2.65. The highest BCUT2D eigenvalue weighted by Crippen LogP contribution is 2.20. The van der Waals surface area contributed by atoms with Gasteiger partial charge in [0.1, 0.15) is 0 Å². The Morgan fingerprint density at radius 2 is 2.15 bits per heavy atom. The topological polar surface area (TPSA) is 41.6 Å². The van der Waals surface area contributed by atoms with Gasteiger partial charge in [-0.05, 0) is 12.1 Å². The Morgan fingerprint density at radius 3 is 3.15 bits per heavy atom. The minimum atomic E-state index is 1.01. The summed E-state index contributed by atoms with van der Waals surface area (Å²) in [5, 5.41) is 9.14. The van der Waals surface area contributed by atoms with Crippen molar-refractivity contribution < 1.29 is 0 Å². The number of aromatic amines is 1. The highest BCUT2D eigenvalue weighted by atomic mass is 15.1. The standard InChI is InChI=1S/C10H7N3/c1-2-7-3-4-9-8(6-12-13-9)10(7)11-5-1/h1-6H,(H,12,13). The number of pyridine rings is 1. The summed E-state index contributed by atoms with van der Waals surface area (Å²) in [5.41, 5.74) is 2.04. The molecule has 13 heavy (non-hydrogen) atoms. The van der Waals surface area contributed by atoms with Gasteiger partial charge >= 0.3 is 0 Å². The fraction of sp³-hybridized carbons (Fsp3) is 0. The second kappa shape index (κ2) is 2.29. The molecule has 0 bridgehead atoms. The van der Waals surface area contributed by atoms with Crippen LogP contribution >= 0.6 is 0 Å². The quantitative estimate of drug-likeness (QED) is 0.560. The zero-order valence-electron chi connectivity index (χ0n) is 6.86. The Morgan fingerprint density at radius 1 is 1.15 bits per heavy atom. The number of fused-ring (bicyclic) bond motifs is 3. The summed E-state index contributed by atoms with van der Waals surface area (Å²) < 4.78 is 0. The smallest absolute Gasteiger partial charge is 0.0811 e. The van der Waals surface area contributed by atoms with Gasteiger partial charge in [-0.1, -0.05) is 12.1 Å². The zero-order valence-corrected chi connectivity index (χ0v) is 6.86. The molecule has 0 saturated heterocycles. The monoisotopic (exact) mass is 169 g/mol. The van der Waals surface area contributed by atoms with Gasteiger partial charge < -0.3 is 0 Å². The first kappa shape index (κ1) is 6.60. The SMILES string of the molecule is c1cnc2c(c1)ccc1[nH]ncc12. The van der Waals surface area contributed by atoms with Gasteiger partial charge in [0.15, 0.2) is 0 Å². The predicted octanol–water partition coefficient (Wildman–Crippen LogP) is 2.11. The molecule has 2 aromatic heterocycles. The van der Waals surface area contributed by atoms with Crippen LogP contribution in [0.3, 0.4) is 0 Å². The number of hydrogen-bond donors (Lipinski definition) is 1. The van der Waals surface area contributed by atoms with E-state index in [0.717, 1.165) is 21.8 Å². The molecule has 0 amide bonds. The molecule has 3 nitrogen and oxygen atoms in total. The van der Waals surface area contributed by atoms with Gasteiger partial charge in [0.05, 0.1) is 17.2 Å². The third kappa shape index (κ3) is 0.839. The fourth-order valence-corrected chi connectivity index (χ4v) is 1.56. The second-order valence-electron chi connectivity index (χ2n) is 2.97. The molecule has 0 atom stereocenters. The summed E-state index contributed by atoms with van der Waals surface area (Å²) in [6.07, 6.45) is 3.61. The van der Waals surface area contributed by atoms with E-state index < -0.39 is 0 Å². The maximum Gasteiger partial charge on any atom is 0.0811 e. The molecule has 0 unspecified atom stereocenters. The van der Waals surface area contributed by atoms with Crippen molar-refractivity contribution in [2.75, 3.05) is 0 Å². The molecule has 3 heteroatoms. The number of aromatic nitrogens is 3. The first-order valence-corrected chi connectivity index (χ1v) is 4.12. The highest BCUT2D eigenvalue weighted by molar-refractivity contribution is 6.03. The second-order valence-corrected chi connectivity index (χ2v) is 2.97. The Balaban J connectivity index is 2.65. The maximum atomic E-state index is 4.32. The van der Waals surface area contributed by atoms with E-state index in [4.69, 9.17) is 0 Å². The highest BCUT2D eigenvalue weighted by Gasteiger charge is 2.00. The van der Waals surface area contributed by atoms with Crippen molar-refractivity contribution in [1.82, 2.24) is 15.2 Å². The molecule has 0 aliphatic heterocycles. The summed E-state index contributed by atoms with van der Waals surface area (Å²) in [6, 6.07) is 8.05. The van der Waals surface area contributed by atoms with Gasteiger partial charge in [0, 0.05) is 17.0 Å². The predicted molar refractivity (Wildman–Crippen MR) is 51.4 cm³/mol. The van der Waals surface area contributed by atoms with Gasteiger partial charge in [0.25, 0.3) is 0 Å². The van der Waals surface area contributed by atoms with Crippen LogP contribution in [0, 0.1) is 0 Å². The van der Waals surface area contributed by atoms with Crippen LogP contribution < -0.4 is 0 Å². The number of H-pyrrole nitrogens is 1. The van der Waals surface area contributed by atoms with Crippen molar-refractivity contribution in [1.29, 1.82) is 0 Å². The number of hydrogen-bond acceptors (Lipinski definition) is 2. The first-order chi connectivity index (χ1) is 6.45. The van der Waals surface area contributed by atoms with Crippen LogP contribution in [-0.2, 0) is 0 Å². The number of nitrogens with zero attached hydrogens (tertiary/aromatic N) is 2. The minimum absolute atomic E-state index is 1.01. The molecule has 3 rings (SSSR count). The maximum absolute atomic E-state index is 4.32. The third-order valence-corrected chi connectivity index (χ3v) is 2.19. The van der Waals surface area contributed by atoms with Crippen molar-refractivity contribution in [3.63, 3.8) is 0 Å². The van der Waals surface area contributed by atoms with Crippen LogP contribution in [0.25, 0.3) is 21.8 Å². The fourth-order valence-electron chi connectivity index (χ4n) is 1.56. The van der Waals surface area contributed by atoms with Crippen LogP contribution in [0.15, 0.2) is 36.7 Å². The van der Waals surface area contributed by atoms with E-state index >= 15 is 0 Å². The van der Waals surface area contributed by atoms with Crippen LogP contribution in [0.2, 0.25) is 0 Å². The summed E-state index contributed by atoms with van der Waals surface area (Å²) in [5.74, 6) is 0. The van der Waals surface area contributed by atoms with E-state index in [1.807, 2.05) is 24.4 Å². The Kier molecular flexibility index (Phi) is 1.16. The van der Waals surface area contributed by atoms with Crippen molar-refractivity contribution in [2.24, 2.45) is 0 Å². The molecule has 0 fully saturated rings. The Labute approximate surface area is 74.4 Å². The Hall–Kier alpha value is -1.90. The van der Waals surface area contributed by atoms with Crippen molar-refractivity contribution in [3.8, 4) is 0 Å². The van der Waals surface area contributed by atoms with Crippen LogP contribution in [-0.4, -0.2) is 15.2 Å². The van der Waals surface area contributed by atoms with E-state index in [0.29, 0.717) is 0 Å². The summed E-state index contributed by atoms with van der Waals surface area (Å²) in [6.45, 7) is 0. The first-order valence-electron chi connectivity index (χ1n) is 4.12. The molecule has 1 aromatic carbocycles. The van der Waals surface area contributed by atoms with Crippen molar-refractivity contribution in [3.05, 3.63) is 36.7 Å². The lowest BCUT2D eigenvalue weighted by molar-refractivity contribution is 1.12. The normalized spacial score (nSPS) is 11.1. The lowest BCUT2D eigenvalue weighted by Gasteiger charge is -1.95.